The van der Waals surface area contributed by atoms with Crippen molar-refractivity contribution in [2.24, 2.45) is 0 Å². The summed E-state index contributed by atoms with van der Waals surface area (Å²) >= 11 is 0. The first-order chi connectivity index (χ1) is 14.6. The van der Waals surface area contributed by atoms with Gasteiger partial charge in [0.2, 0.25) is 5.91 Å². The standard InChI is InChI=1S/C23H21F4NO3/c1-3-31-22(30)21-14(2)28(13-15-4-10-18(24)11-5-15)20(29)12-19(21)16-6-8-17(9-7-16)23(25,26)27/h4-11,19H,3,12-13H2,1-2H3/t19-/m0/s1. The molecule has 1 atom stereocenters. The lowest BCUT2D eigenvalue weighted by atomic mass is 9.83. The summed E-state index contributed by atoms with van der Waals surface area (Å²) in [5.74, 6) is -2.05. The molecule has 0 spiro atoms. The third-order valence-corrected chi connectivity index (χ3v) is 5.21. The van der Waals surface area contributed by atoms with Crippen molar-refractivity contribution in [2.75, 3.05) is 6.61 Å². The van der Waals surface area contributed by atoms with Gasteiger partial charge in [0, 0.05) is 18.0 Å². The minimum Gasteiger partial charge on any atom is -0.463 e. The Balaban J connectivity index is 2.00. The first-order valence-corrected chi connectivity index (χ1v) is 9.71. The minimum absolute atomic E-state index is 0.0992. The number of nitrogens with zero attached hydrogens (tertiary/aromatic N) is 1. The summed E-state index contributed by atoms with van der Waals surface area (Å²) in [7, 11) is 0. The fraction of sp³-hybridized carbons (Fsp3) is 0.304. The van der Waals surface area contributed by atoms with Gasteiger partial charge in [-0.3, -0.25) is 4.79 Å². The van der Waals surface area contributed by atoms with Gasteiger partial charge in [0.1, 0.15) is 5.82 Å². The van der Waals surface area contributed by atoms with Gasteiger partial charge in [-0.1, -0.05) is 24.3 Å². The van der Waals surface area contributed by atoms with Crippen LogP contribution in [0.3, 0.4) is 0 Å². The molecule has 0 N–H and O–H groups in total. The van der Waals surface area contributed by atoms with E-state index in [2.05, 4.69) is 0 Å². The number of carbonyl (C=O) groups is 2. The van der Waals surface area contributed by atoms with E-state index in [1.54, 1.807) is 26.0 Å². The number of hydrogen-bond donors (Lipinski definition) is 0. The maximum absolute atomic E-state index is 13.2. The molecule has 3 rings (SSSR count). The Morgan fingerprint density at radius 1 is 1.10 bits per heavy atom. The second kappa shape index (κ2) is 8.91. The molecule has 0 saturated heterocycles. The van der Waals surface area contributed by atoms with Crippen molar-refractivity contribution >= 4 is 11.9 Å². The van der Waals surface area contributed by atoms with Crippen LogP contribution in [0.4, 0.5) is 17.6 Å². The largest absolute Gasteiger partial charge is 0.463 e. The maximum atomic E-state index is 13.2. The number of amides is 1. The molecule has 4 nitrogen and oxygen atoms in total. The topological polar surface area (TPSA) is 46.6 Å². The normalized spacial score (nSPS) is 17.2. The highest BCUT2D eigenvalue weighted by Gasteiger charge is 2.37. The van der Waals surface area contributed by atoms with Crippen LogP contribution in [0.25, 0.3) is 0 Å². The molecule has 2 aromatic rings. The van der Waals surface area contributed by atoms with E-state index < -0.39 is 29.4 Å². The summed E-state index contributed by atoms with van der Waals surface area (Å²) in [6.45, 7) is 3.49. The van der Waals surface area contributed by atoms with Crippen LogP contribution in [0.5, 0.6) is 0 Å². The molecule has 8 heteroatoms. The van der Waals surface area contributed by atoms with Gasteiger partial charge in [-0.05, 0) is 49.2 Å². The molecular weight excluding hydrogens is 414 g/mol. The van der Waals surface area contributed by atoms with E-state index in [1.807, 2.05) is 0 Å². The van der Waals surface area contributed by atoms with Crippen molar-refractivity contribution < 1.29 is 31.9 Å². The highest BCUT2D eigenvalue weighted by atomic mass is 19.4. The molecule has 31 heavy (non-hydrogen) atoms. The molecule has 2 aromatic carbocycles. The van der Waals surface area contributed by atoms with Crippen LogP contribution < -0.4 is 0 Å². The minimum atomic E-state index is -4.48. The molecule has 1 aliphatic rings. The van der Waals surface area contributed by atoms with Gasteiger partial charge >= 0.3 is 12.1 Å². The van der Waals surface area contributed by atoms with Crippen molar-refractivity contribution in [1.82, 2.24) is 4.90 Å². The molecule has 1 aliphatic heterocycles. The average Bonchev–Trinajstić information content (AvgIpc) is 2.71. The van der Waals surface area contributed by atoms with Crippen molar-refractivity contribution in [3.8, 4) is 0 Å². The number of allylic oxidation sites excluding steroid dienone is 1. The predicted octanol–water partition coefficient (Wildman–Crippen LogP) is 5.20. The Hall–Kier alpha value is -3.16. The van der Waals surface area contributed by atoms with Crippen LogP contribution in [0.2, 0.25) is 0 Å². The van der Waals surface area contributed by atoms with Gasteiger partial charge in [-0.25, -0.2) is 9.18 Å². The fourth-order valence-electron chi connectivity index (χ4n) is 3.64. The Morgan fingerprint density at radius 2 is 1.71 bits per heavy atom. The highest BCUT2D eigenvalue weighted by molar-refractivity contribution is 5.95. The summed E-state index contributed by atoms with van der Waals surface area (Å²) in [5.41, 5.74) is 0.873. The first-order valence-electron chi connectivity index (χ1n) is 9.71. The van der Waals surface area contributed by atoms with Crippen molar-refractivity contribution in [2.45, 2.75) is 38.9 Å². The summed E-state index contributed by atoms with van der Waals surface area (Å²) < 4.78 is 57.1. The SMILES string of the molecule is CCOC(=O)C1=C(C)N(Cc2ccc(F)cc2)C(=O)C[C@H]1c1ccc(C(F)(F)F)cc1. The zero-order chi connectivity index (χ0) is 22.8. The summed E-state index contributed by atoms with van der Waals surface area (Å²) in [6, 6.07) is 10.1. The second-order valence-electron chi connectivity index (χ2n) is 7.20. The van der Waals surface area contributed by atoms with Crippen LogP contribution in [-0.2, 0) is 27.0 Å². The molecule has 0 fully saturated rings. The van der Waals surface area contributed by atoms with Crippen LogP contribution in [0.15, 0.2) is 59.8 Å². The van der Waals surface area contributed by atoms with Crippen molar-refractivity contribution in [3.63, 3.8) is 0 Å². The Bertz CT molecular complexity index is 995. The second-order valence-corrected chi connectivity index (χ2v) is 7.20. The fourth-order valence-corrected chi connectivity index (χ4v) is 3.64. The molecule has 0 aromatic heterocycles. The number of benzene rings is 2. The monoisotopic (exact) mass is 435 g/mol. The van der Waals surface area contributed by atoms with Gasteiger partial charge in [0.25, 0.3) is 0 Å². The number of ether oxygens (including phenoxy) is 1. The molecular formula is C23H21F4NO3. The van der Waals surface area contributed by atoms with Gasteiger partial charge < -0.3 is 9.64 Å². The van der Waals surface area contributed by atoms with E-state index >= 15 is 0 Å². The quantitative estimate of drug-likeness (QED) is 0.479. The van der Waals surface area contributed by atoms with E-state index in [9.17, 15) is 27.2 Å². The number of alkyl halides is 3. The summed E-state index contributed by atoms with van der Waals surface area (Å²) in [6.07, 6.45) is -4.58. The number of hydrogen-bond acceptors (Lipinski definition) is 3. The zero-order valence-electron chi connectivity index (χ0n) is 17.0. The molecule has 1 amide bonds. The van der Waals surface area contributed by atoms with E-state index in [0.717, 1.165) is 12.1 Å². The molecule has 164 valence electrons. The lowest BCUT2D eigenvalue weighted by molar-refractivity contribution is -0.140. The number of rotatable bonds is 5. The third-order valence-electron chi connectivity index (χ3n) is 5.21. The van der Waals surface area contributed by atoms with Crippen LogP contribution in [0.1, 0.15) is 42.9 Å². The Morgan fingerprint density at radius 3 is 2.26 bits per heavy atom. The first kappa shape index (κ1) is 22.5. The van der Waals surface area contributed by atoms with Crippen molar-refractivity contribution in [3.05, 3.63) is 82.3 Å². The van der Waals surface area contributed by atoms with Crippen LogP contribution in [0, 0.1) is 5.82 Å². The third kappa shape index (κ3) is 4.95. The lowest BCUT2D eigenvalue weighted by Gasteiger charge is -2.34. The molecule has 0 radical (unpaired) electrons. The zero-order valence-corrected chi connectivity index (χ0v) is 17.0. The number of carbonyl (C=O) groups excluding carboxylic acids is 2. The van der Waals surface area contributed by atoms with Crippen LogP contribution in [-0.4, -0.2) is 23.4 Å². The van der Waals surface area contributed by atoms with Gasteiger partial charge in [-0.2, -0.15) is 13.2 Å². The summed E-state index contributed by atoms with van der Waals surface area (Å²) in [4.78, 5) is 27.0. The predicted molar refractivity (Wildman–Crippen MR) is 105 cm³/mol. The van der Waals surface area contributed by atoms with E-state index in [-0.39, 0.29) is 31.1 Å². The van der Waals surface area contributed by atoms with Gasteiger partial charge in [-0.15, -0.1) is 0 Å². The number of halogens is 4. The average molecular weight is 435 g/mol. The lowest BCUT2D eigenvalue weighted by Crippen LogP contribution is -2.38. The maximum Gasteiger partial charge on any atom is 0.416 e. The van der Waals surface area contributed by atoms with Crippen LogP contribution >= 0.6 is 0 Å². The highest BCUT2D eigenvalue weighted by Crippen LogP contribution is 2.39. The molecule has 0 aliphatic carbocycles. The smallest absolute Gasteiger partial charge is 0.416 e. The van der Waals surface area contributed by atoms with Gasteiger partial charge in [0.05, 0.1) is 24.3 Å². The Kier molecular flexibility index (Phi) is 6.48. The van der Waals surface area contributed by atoms with E-state index in [4.69, 9.17) is 4.74 Å². The van der Waals surface area contributed by atoms with Crippen molar-refractivity contribution in [1.29, 1.82) is 0 Å². The van der Waals surface area contributed by atoms with Gasteiger partial charge in [0.15, 0.2) is 0 Å². The molecule has 0 unspecified atom stereocenters. The molecule has 1 heterocycles. The summed E-state index contributed by atoms with van der Waals surface area (Å²) in [5, 5.41) is 0. The molecule has 0 bridgehead atoms. The van der Waals surface area contributed by atoms with E-state index in [0.29, 0.717) is 16.8 Å². The molecule has 0 saturated carbocycles. The Labute approximate surface area is 177 Å². The number of esters is 1. The van der Waals surface area contributed by atoms with E-state index in [1.165, 1.54) is 29.2 Å².